The van der Waals surface area contributed by atoms with Crippen LogP contribution in [0.4, 0.5) is 0 Å². The molecule has 1 atom stereocenters. The predicted octanol–water partition coefficient (Wildman–Crippen LogP) is 1.24. The molecular formula is C14H21N3O3S. The number of aromatic nitrogens is 2. The molecule has 1 aliphatic rings. The highest BCUT2D eigenvalue weighted by Gasteiger charge is 2.30. The Balaban J connectivity index is 2.29. The first-order valence-corrected chi connectivity index (χ1v) is 8.98. The minimum atomic E-state index is -3.37. The van der Waals surface area contributed by atoms with E-state index in [-0.39, 0.29) is 22.6 Å². The Bertz CT molecular complexity index is 628. The molecular weight excluding hydrogens is 290 g/mol. The zero-order valence-electron chi connectivity index (χ0n) is 12.6. The Morgan fingerprint density at radius 3 is 2.76 bits per heavy atom. The molecule has 0 aromatic carbocycles. The van der Waals surface area contributed by atoms with Crippen molar-refractivity contribution in [3.8, 4) is 0 Å². The van der Waals surface area contributed by atoms with Crippen LogP contribution in [0.3, 0.4) is 0 Å². The molecule has 0 N–H and O–H groups in total. The monoisotopic (exact) mass is 311 g/mol. The van der Waals surface area contributed by atoms with Crippen LogP contribution < -0.4 is 0 Å². The summed E-state index contributed by atoms with van der Waals surface area (Å²) in [4.78, 5) is 22.1. The summed E-state index contributed by atoms with van der Waals surface area (Å²) in [6, 6.07) is 0. The van der Waals surface area contributed by atoms with Crippen LogP contribution in [0, 0.1) is 5.92 Å². The zero-order chi connectivity index (χ0) is 15.6. The van der Waals surface area contributed by atoms with Gasteiger partial charge in [0.05, 0.1) is 5.69 Å². The van der Waals surface area contributed by atoms with E-state index in [0.717, 1.165) is 25.6 Å². The Labute approximate surface area is 125 Å². The van der Waals surface area contributed by atoms with Gasteiger partial charge in [0.25, 0.3) is 0 Å². The molecule has 1 aromatic heterocycles. The van der Waals surface area contributed by atoms with E-state index in [4.69, 9.17) is 0 Å². The van der Waals surface area contributed by atoms with Gasteiger partial charge in [-0.3, -0.25) is 4.79 Å². The van der Waals surface area contributed by atoms with Gasteiger partial charge >= 0.3 is 0 Å². The van der Waals surface area contributed by atoms with E-state index in [1.807, 2.05) is 18.7 Å². The van der Waals surface area contributed by atoms with E-state index in [1.54, 1.807) is 0 Å². The average molecular weight is 311 g/mol. The van der Waals surface area contributed by atoms with E-state index in [0.29, 0.717) is 12.2 Å². The summed E-state index contributed by atoms with van der Waals surface area (Å²) in [5, 5.41) is 0. The second-order valence-corrected chi connectivity index (χ2v) is 7.81. The number of hydrogen-bond donors (Lipinski definition) is 0. The number of rotatable bonds is 3. The standard InChI is InChI=1S/C14H21N3O3S/c1-10(2)14(18)17-6-4-5-11(8-17)13-12(21(3,19)20)7-15-9-16-13/h7,9-11H,4-6,8H2,1-3H3/t11-/m0/s1. The van der Waals surface area contributed by atoms with Crippen molar-refractivity contribution >= 4 is 15.7 Å². The van der Waals surface area contributed by atoms with Gasteiger partial charge in [-0.15, -0.1) is 0 Å². The highest BCUT2D eigenvalue weighted by molar-refractivity contribution is 7.90. The van der Waals surface area contributed by atoms with Crippen molar-refractivity contribution in [3.05, 3.63) is 18.2 Å². The van der Waals surface area contributed by atoms with Gasteiger partial charge in [0.1, 0.15) is 11.2 Å². The Hall–Kier alpha value is -1.50. The number of likely N-dealkylation sites (tertiary alicyclic amines) is 1. The fourth-order valence-electron chi connectivity index (χ4n) is 2.68. The molecule has 1 amide bonds. The van der Waals surface area contributed by atoms with E-state index >= 15 is 0 Å². The van der Waals surface area contributed by atoms with Crippen LogP contribution in [0.1, 0.15) is 38.3 Å². The molecule has 1 fully saturated rings. The van der Waals surface area contributed by atoms with Gasteiger partial charge in [-0.05, 0) is 12.8 Å². The summed E-state index contributed by atoms with van der Waals surface area (Å²) in [7, 11) is -3.37. The molecule has 116 valence electrons. The molecule has 1 aromatic rings. The minimum Gasteiger partial charge on any atom is -0.342 e. The maximum Gasteiger partial charge on any atom is 0.225 e. The largest absolute Gasteiger partial charge is 0.342 e. The number of hydrogen-bond acceptors (Lipinski definition) is 5. The fraction of sp³-hybridized carbons (Fsp3) is 0.643. The quantitative estimate of drug-likeness (QED) is 0.839. The lowest BCUT2D eigenvalue weighted by Gasteiger charge is -2.34. The van der Waals surface area contributed by atoms with Crippen LogP contribution in [-0.2, 0) is 14.6 Å². The summed E-state index contributed by atoms with van der Waals surface area (Å²) in [6.07, 6.45) is 5.57. The van der Waals surface area contributed by atoms with Crippen LogP contribution in [0.15, 0.2) is 17.4 Å². The first-order chi connectivity index (χ1) is 9.80. The van der Waals surface area contributed by atoms with Crippen LogP contribution in [0.25, 0.3) is 0 Å². The van der Waals surface area contributed by atoms with Crippen molar-refractivity contribution in [3.63, 3.8) is 0 Å². The Kier molecular flexibility index (Phi) is 4.61. The molecule has 0 spiro atoms. The molecule has 0 bridgehead atoms. The first kappa shape index (κ1) is 15.9. The third-order valence-electron chi connectivity index (χ3n) is 3.72. The molecule has 21 heavy (non-hydrogen) atoms. The number of sulfone groups is 1. The lowest BCUT2D eigenvalue weighted by atomic mass is 9.93. The molecule has 0 saturated carbocycles. The zero-order valence-corrected chi connectivity index (χ0v) is 13.4. The maximum atomic E-state index is 12.1. The van der Waals surface area contributed by atoms with Crippen LogP contribution >= 0.6 is 0 Å². The summed E-state index contributed by atoms with van der Waals surface area (Å²) in [5.41, 5.74) is 0.536. The average Bonchev–Trinajstić information content (AvgIpc) is 2.45. The van der Waals surface area contributed by atoms with Gasteiger partial charge in [-0.2, -0.15) is 0 Å². The van der Waals surface area contributed by atoms with Crippen molar-refractivity contribution in [1.82, 2.24) is 14.9 Å². The summed E-state index contributed by atoms with van der Waals surface area (Å²) in [6.45, 7) is 5.00. The Morgan fingerprint density at radius 2 is 2.14 bits per heavy atom. The number of carbonyl (C=O) groups is 1. The molecule has 2 heterocycles. The van der Waals surface area contributed by atoms with Crippen LogP contribution in [0.2, 0.25) is 0 Å². The smallest absolute Gasteiger partial charge is 0.225 e. The third kappa shape index (κ3) is 3.58. The third-order valence-corrected chi connectivity index (χ3v) is 4.83. The van der Waals surface area contributed by atoms with Crippen molar-refractivity contribution in [2.24, 2.45) is 5.92 Å². The highest BCUT2D eigenvalue weighted by atomic mass is 32.2. The number of amides is 1. The molecule has 2 rings (SSSR count). The van der Waals surface area contributed by atoms with Gasteiger partial charge in [-0.25, -0.2) is 18.4 Å². The minimum absolute atomic E-state index is 0.0471. The number of carbonyl (C=O) groups excluding carboxylic acids is 1. The van der Waals surface area contributed by atoms with E-state index < -0.39 is 9.84 Å². The first-order valence-electron chi connectivity index (χ1n) is 7.09. The van der Waals surface area contributed by atoms with Crippen LogP contribution in [0.5, 0.6) is 0 Å². The molecule has 0 aliphatic carbocycles. The SMILES string of the molecule is CC(C)C(=O)N1CCC[C@H](c2ncncc2S(C)(=O)=O)C1. The second-order valence-electron chi connectivity index (χ2n) is 5.82. The van der Waals surface area contributed by atoms with Crippen molar-refractivity contribution in [2.75, 3.05) is 19.3 Å². The molecule has 0 radical (unpaired) electrons. The Morgan fingerprint density at radius 1 is 1.43 bits per heavy atom. The summed E-state index contributed by atoms with van der Waals surface area (Å²) in [5.74, 6) is 0.00682. The van der Waals surface area contributed by atoms with Gasteiger partial charge in [-0.1, -0.05) is 13.8 Å². The van der Waals surface area contributed by atoms with Gasteiger partial charge in [0.2, 0.25) is 5.91 Å². The van der Waals surface area contributed by atoms with Crippen LogP contribution in [-0.4, -0.2) is 48.5 Å². The van der Waals surface area contributed by atoms with Crippen molar-refractivity contribution in [2.45, 2.75) is 37.5 Å². The van der Waals surface area contributed by atoms with Crippen molar-refractivity contribution in [1.29, 1.82) is 0 Å². The second kappa shape index (κ2) is 6.09. The van der Waals surface area contributed by atoms with Gasteiger partial charge in [0.15, 0.2) is 9.84 Å². The molecule has 1 saturated heterocycles. The van der Waals surface area contributed by atoms with Gasteiger partial charge in [0, 0.05) is 37.4 Å². The van der Waals surface area contributed by atoms with E-state index in [9.17, 15) is 13.2 Å². The predicted molar refractivity (Wildman–Crippen MR) is 78.5 cm³/mol. The number of piperidine rings is 1. The lowest BCUT2D eigenvalue weighted by Crippen LogP contribution is -2.41. The molecule has 0 unspecified atom stereocenters. The summed E-state index contributed by atoms with van der Waals surface area (Å²) < 4.78 is 23.7. The fourth-order valence-corrected chi connectivity index (χ4v) is 3.54. The van der Waals surface area contributed by atoms with Crippen molar-refractivity contribution < 1.29 is 13.2 Å². The maximum absolute atomic E-state index is 12.1. The topological polar surface area (TPSA) is 80.2 Å². The molecule has 1 aliphatic heterocycles. The van der Waals surface area contributed by atoms with Gasteiger partial charge < -0.3 is 4.90 Å². The normalized spacial score (nSPS) is 19.8. The lowest BCUT2D eigenvalue weighted by molar-refractivity contribution is -0.135. The van der Waals surface area contributed by atoms with E-state index in [2.05, 4.69) is 9.97 Å². The highest BCUT2D eigenvalue weighted by Crippen LogP contribution is 2.29. The number of nitrogens with zero attached hydrogens (tertiary/aromatic N) is 3. The summed E-state index contributed by atoms with van der Waals surface area (Å²) >= 11 is 0. The molecule has 6 nitrogen and oxygen atoms in total. The van der Waals surface area contributed by atoms with E-state index in [1.165, 1.54) is 12.5 Å². The molecule has 7 heteroatoms.